The van der Waals surface area contributed by atoms with Crippen molar-refractivity contribution in [1.29, 1.82) is 0 Å². The van der Waals surface area contributed by atoms with E-state index in [1.54, 1.807) is 12.2 Å². The molecule has 0 aliphatic rings. The number of hydrogen-bond donors (Lipinski definition) is 0. The number of rotatable bonds is 12. The highest BCUT2D eigenvalue weighted by Crippen LogP contribution is 2.39. The van der Waals surface area contributed by atoms with Crippen LogP contribution in [0.25, 0.3) is 0 Å². The van der Waals surface area contributed by atoms with Crippen molar-refractivity contribution in [1.82, 2.24) is 0 Å². The molecule has 0 heterocycles. The fraction of sp³-hybridized carbons (Fsp3) is 0.259. The molecule has 2 aromatic carbocycles. The largest absolute Gasteiger partial charge is 0.490 e. The topological polar surface area (TPSA) is 18.5 Å². The summed E-state index contributed by atoms with van der Waals surface area (Å²) >= 11 is 0. The first-order valence-corrected chi connectivity index (χ1v) is 9.94. The third kappa shape index (κ3) is 5.29. The second-order valence-electron chi connectivity index (χ2n) is 7.40. The SMILES string of the molecule is C=CCOc1ccc(C(C)(C)c2ccc(OCC=C)c(CC=C)c2CC=C)cc1. The molecule has 2 aromatic rings. The van der Waals surface area contributed by atoms with E-state index in [1.807, 2.05) is 24.3 Å². The molecule has 0 bridgehead atoms. The van der Waals surface area contributed by atoms with Gasteiger partial charge in [-0.05, 0) is 47.7 Å². The lowest BCUT2D eigenvalue weighted by atomic mass is 9.74. The van der Waals surface area contributed by atoms with Gasteiger partial charge in [0, 0.05) is 11.0 Å². The van der Waals surface area contributed by atoms with E-state index in [4.69, 9.17) is 9.47 Å². The first kappa shape index (κ1) is 22.3. The fourth-order valence-electron chi connectivity index (χ4n) is 3.57. The molecule has 0 unspecified atom stereocenters. The average Bonchev–Trinajstić information content (AvgIpc) is 2.72. The lowest BCUT2D eigenvalue weighted by Crippen LogP contribution is -2.22. The summed E-state index contributed by atoms with van der Waals surface area (Å²) in [5.74, 6) is 1.73. The van der Waals surface area contributed by atoms with Crippen molar-refractivity contribution in [3.8, 4) is 11.5 Å². The highest BCUT2D eigenvalue weighted by Gasteiger charge is 2.28. The van der Waals surface area contributed by atoms with E-state index < -0.39 is 0 Å². The lowest BCUT2D eigenvalue weighted by Gasteiger charge is -2.30. The summed E-state index contributed by atoms with van der Waals surface area (Å²) in [7, 11) is 0. The highest BCUT2D eigenvalue weighted by molar-refractivity contribution is 5.53. The Hall–Kier alpha value is -3.00. The van der Waals surface area contributed by atoms with E-state index in [0.717, 1.165) is 24.3 Å². The van der Waals surface area contributed by atoms with Gasteiger partial charge in [0.2, 0.25) is 0 Å². The number of hydrogen-bond acceptors (Lipinski definition) is 2. The third-order valence-corrected chi connectivity index (χ3v) is 5.06. The zero-order chi connectivity index (χ0) is 21.3. The van der Waals surface area contributed by atoms with Gasteiger partial charge in [-0.3, -0.25) is 0 Å². The molecule has 2 nitrogen and oxygen atoms in total. The molecule has 2 rings (SSSR count). The first-order chi connectivity index (χ1) is 14.0. The highest BCUT2D eigenvalue weighted by atomic mass is 16.5. The minimum absolute atomic E-state index is 0.192. The molecule has 0 N–H and O–H groups in total. The van der Waals surface area contributed by atoms with Crippen LogP contribution in [-0.2, 0) is 18.3 Å². The minimum atomic E-state index is -0.192. The maximum atomic E-state index is 5.93. The van der Waals surface area contributed by atoms with E-state index in [9.17, 15) is 0 Å². The molecule has 0 aliphatic carbocycles. The molecular weight excluding hydrogens is 356 g/mol. The molecule has 0 saturated carbocycles. The molecule has 0 amide bonds. The molecular formula is C27H32O2. The van der Waals surface area contributed by atoms with E-state index in [1.165, 1.54) is 22.3 Å². The van der Waals surface area contributed by atoms with Crippen LogP contribution in [0.5, 0.6) is 11.5 Å². The van der Waals surface area contributed by atoms with Crippen molar-refractivity contribution in [3.63, 3.8) is 0 Å². The van der Waals surface area contributed by atoms with Gasteiger partial charge in [0.15, 0.2) is 0 Å². The Bertz CT molecular complexity index is 857. The van der Waals surface area contributed by atoms with Crippen molar-refractivity contribution < 1.29 is 9.47 Å². The molecule has 0 fully saturated rings. The van der Waals surface area contributed by atoms with Gasteiger partial charge < -0.3 is 9.47 Å². The van der Waals surface area contributed by atoms with Crippen LogP contribution in [0.4, 0.5) is 0 Å². The van der Waals surface area contributed by atoms with Gasteiger partial charge in [-0.25, -0.2) is 0 Å². The van der Waals surface area contributed by atoms with Crippen molar-refractivity contribution in [2.24, 2.45) is 0 Å². The molecule has 0 spiro atoms. The second-order valence-corrected chi connectivity index (χ2v) is 7.40. The van der Waals surface area contributed by atoms with Gasteiger partial charge in [-0.1, -0.05) is 69.5 Å². The number of ether oxygens (including phenoxy) is 2. The normalized spacial score (nSPS) is 10.8. The zero-order valence-corrected chi connectivity index (χ0v) is 17.7. The molecule has 29 heavy (non-hydrogen) atoms. The van der Waals surface area contributed by atoms with E-state index >= 15 is 0 Å². The summed E-state index contributed by atoms with van der Waals surface area (Å²) in [6.07, 6.45) is 8.90. The molecule has 0 atom stereocenters. The van der Waals surface area contributed by atoms with Gasteiger partial charge >= 0.3 is 0 Å². The van der Waals surface area contributed by atoms with E-state index in [2.05, 4.69) is 64.4 Å². The predicted molar refractivity (Wildman–Crippen MR) is 124 cm³/mol. The number of allylic oxidation sites excluding steroid dienone is 2. The molecule has 0 aromatic heterocycles. The zero-order valence-electron chi connectivity index (χ0n) is 17.7. The Morgan fingerprint density at radius 2 is 1.31 bits per heavy atom. The Morgan fingerprint density at radius 3 is 1.90 bits per heavy atom. The van der Waals surface area contributed by atoms with E-state index in [0.29, 0.717) is 13.2 Å². The standard InChI is InChI=1S/C27H32O2/c1-7-11-23-24(12-8-2)26(29-20-10-4)18-17-25(23)27(5,6)21-13-15-22(16-14-21)28-19-9-3/h7-10,13-18H,1-4,11-12,19-20H2,5-6H3. The predicted octanol–water partition coefficient (Wildman–Crippen LogP) is 6.60. The molecule has 0 saturated heterocycles. The van der Waals surface area contributed by atoms with Crippen molar-refractivity contribution in [2.75, 3.05) is 13.2 Å². The van der Waals surface area contributed by atoms with Crippen molar-refractivity contribution >= 4 is 0 Å². The van der Waals surface area contributed by atoms with Crippen LogP contribution in [0.1, 0.15) is 36.1 Å². The maximum Gasteiger partial charge on any atom is 0.123 e. The Balaban J connectivity index is 2.53. The van der Waals surface area contributed by atoms with Crippen molar-refractivity contribution in [2.45, 2.75) is 32.1 Å². The summed E-state index contributed by atoms with van der Waals surface area (Å²) in [5, 5.41) is 0. The Labute approximate surface area is 175 Å². The van der Waals surface area contributed by atoms with Crippen LogP contribution in [0, 0.1) is 0 Å². The summed E-state index contributed by atoms with van der Waals surface area (Å²) in [4.78, 5) is 0. The summed E-state index contributed by atoms with van der Waals surface area (Å²) in [6, 6.07) is 12.5. The third-order valence-electron chi connectivity index (χ3n) is 5.06. The molecule has 152 valence electrons. The van der Waals surface area contributed by atoms with Gasteiger partial charge in [0.25, 0.3) is 0 Å². The molecule has 0 radical (unpaired) electrons. The van der Waals surface area contributed by atoms with Gasteiger partial charge in [0.1, 0.15) is 24.7 Å². The van der Waals surface area contributed by atoms with Crippen molar-refractivity contribution in [3.05, 3.63) is 109 Å². The Morgan fingerprint density at radius 1 is 0.724 bits per heavy atom. The monoisotopic (exact) mass is 388 g/mol. The maximum absolute atomic E-state index is 5.93. The van der Waals surface area contributed by atoms with Crippen LogP contribution in [0.3, 0.4) is 0 Å². The van der Waals surface area contributed by atoms with Crippen LogP contribution in [0.15, 0.2) is 87.0 Å². The minimum Gasteiger partial charge on any atom is -0.490 e. The molecule has 0 aliphatic heterocycles. The quantitative estimate of drug-likeness (QED) is 0.381. The average molecular weight is 389 g/mol. The van der Waals surface area contributed by atoms with Gasteiger partial charge in [-0.2, -0.15) is 0 Å². The molecule has 2 heteroatoms. The smallest absolute Gasteiger partial charge is 0.123 e. The van der Waals surface area contributed by atoms with E-state index in [-0.39, 0.29) is 5.41 Å². The lowest BCUT2D eigenvalue weighted by molar-refractivity contribution is 0.359. The summed E-state index contributed by atoms with van der Waals surface area (Å²) in [6.45, 7) is 20.8. The van der Waals surface area contributed by atoms with Gasteiger partial charge in [0.05, 0.1) is 0 Å². The van der Waals surface area contributed by atoms with Gasteiger partial charge in [-0.15, -0.1) is 13.2 Å². The summed E-state index contributed by atoms with van der Waals surface area (Å²) < 4.78 is 11.6. The number of benzene rings is 2. The Kier molecular flexibility index (Phi) is 8.09. The van der Waals surface area contributed by atoms with Crippen LogP contribution in [-0.4, -0.2) is 13.2 Å². The van der Waals surface area contributed by atoms with Crippen LogP contribution >= 0.6 is 0 Å². The summed E-state index contributed by atoms with van der Waals surface area (Å²) in [5.41, 5.74) is 4.71. The second kappa shape index (κ2) is 10.5. The first-order valence-electron chi connectivity index (χ1n) is 9.94. The fourth-order valence-corrected chi connectivity index (χ4v) is 3.57. The van der Waals surface area contributed by atoms with Crippen LogP contribution < -0.4 is 9.47 Å². The van der Waals surface area contributed by atoms with Crippen LogP contribution in [0.2, 0.25) is 0 Å².